The number of piperazine rings is 1. The van der Waals surface area contributed by atoms with E-state index >= 15 is 0 Å². The van der Waals surface area contributed by atoms with Crippen molar-refractivity contribution in [2.24, 2.45) is 0 Å². The van der Waals surface area contributed by atoms with Crippen LogP contribution >= 0.6 is 0 Å². The summed E-state index contributed by atoms with van der Waals surface area (Å²) in [7, 11) is 2.22. The third kappa shape index (κ3) is 4.94. The largest absolute Gasteiger partial charge is 0.311 e. The minimum Gasteiger partial charge on any atom is -0.311 e. The van der Waals surface area contributed by atoms with Gasteiger partial charge in [0.1, 0.15) is 0 Å². The van der Waals surface area contributed by atoms with E-state index in [0.717, 1.165) is 6.54 Å². The van der Waals surface area contributed by atoms with Crippen LogP contribution in [0.3, 0.4) is 0 Å². The second-order valence-corrected chi connectivity index (χ2v) is 6.54. The van der Waals surface area contributed by atoms with E-state index in [4.69, 9.17) is 0 Å². The highest BCUT2D eigenvalue weighted by atomic mass is 15.3. The van der Waals surface area contributed by atoms with E-state index in [1.165, 1.54) is 26.1 Å². The summed E-state index contributed by atoms with van der Waals surface area (Å²) in [5.41, 5.74) is 0.225. The molecule has 0 aromatic heterocycles. The first-order valence-corrected chi connectivity index (χ1v) is 7.03. The van der Waals surface area contributed by atoms with E-state index in [1.807, 2.05) is 0 Å². The van der Waals surface area contributed by atoms with E-state index < -0.39 is 0 Å². The Kier molecular flexibility index (Phi) is 5.42. The van der Waals surface area contributed by atoms with Crippen LogP contribution in [0.25, 0.3) is 0 Å². The number of nitrogens with zero attached hydrogens (tertiary/aromatic N) is 2. The molecule has 2 atom stereocenters. The van der Waals surface area contributed by atoms with Gasteiger partial charge in [-0.25, -0.2) is 0 Å². The van der Waals surface area contributed by atoms with Gasteiger partial charge in [-0.3, -0.25) is 4.90 Å². The quantitative estimate of drug-likeness (QED) is 0.809. The summed E-state index contributed by atoms with van der Waals surface area (Å²) in [6.07, 6.45) is 1.23. The van der Waals surface area contributed by atoms with Crippen LogP contribution in [-0.4, -0.2) is 60.6 Å². The fourth-order valence-electron chi connectivity index (χ4n) is 2.62. The first-order valence-electron chi connectivity index (χ1n) is 7.03. The average Bonchev–Trinajstić information content (AvgIpc) is 2.19. The molecule has 0 aromatic carbocycles. The van der Waals surface area contributed by atoms with Gasteiger partial charge in [0.05, 0.1) is 0 Å². The SMILES string of the molecule is CCC(CNC(C)(C)C)N1CCN(C)CC1C. The Hall–Kier alpha value is -0.120. The lowest BCUT2D eigenvalue weighted by Gasteiger charge is -2.43. The van der Waals surface area contributed by atoms with Gasteiger partial charge in [-0.05, 0) is 41.2 Å². The molecule has 1 saturated heterocycles. The molecule has 0 bridgehead atoms. The summed E-state index contributed by atoms with van der Waals surface area (Å²) >= 11 is 0. The average molecular weight is 241 g/mol. The second-order valence-electron chi connectivity index (χ2n) is 6.54. The van der Waals surface area contributed by atoms with Crippen molar-refractivity contribution >= 4 is 0 Å². The molecule has 1 heterocycles. The maximum atomic E-state index is 3.65. The smallest absolute Gasteiger partial charge is 0.0222 e. The summed E-state index contributed by atoms with van der Waals surface area (Å²) in [4.78, 5) is 5.11. The summed E-state index contributed by atoms with van der Waals surface area (Å²) in [6, 6.07) is 1.36. The zero-order valence-electron chi connectivity index (χ0n) is 12.6. The van der Waals surface area contributed by atoms with E-state index in [0.29, 0.717) is 12.1 Å². The first-order chi connectivity index (χ1) is 7.83. The van der Waals surface area contributed by atoms with Crippen LogP contribution in [0.1, 0.15) is 41.0 Å². The van der Waals surface area contributed by atoms with Gasteiger partial charge in [0, 0.05) is 43.8 Å². The molecule has 17 heavy (non-hydrogen) atoms. The third-order valence-electron chi connectivity index (χ3n) is 3.69. The van der Waals surface area contributed by atoms with E-state index in [9.17, 15) is 0 Å². The van der Waals surface area contributed by atoms with Gasteiger partial charge in [0.15, 0.2) is 0 Å². The fourth-order valence-corrected chi connectivity index (χ4v) is 2.62. The van der Waals surface area contributed by atoms with Gasteiger partial charge in [-0.15, -0.1) is 0 Å². The van der Waals surface area contributed by atoms with Crippen molar-refractivity contribution in [2.45, 2.75) is 58.7 Å². The van der Waals surface area contributed by atoms with E-state index in [1.54, 1.807) is 0 Å². The molecule has 3 heteroatoms. The van der Waals surface area contributed by atoms with E-state index in [-0.39, 0.29) is 5.54 Å². The standard InChI is InChI=1S/C14H31N3/c1-7-13(10-15-14(3,4)5)17-9-8-16(6)11-12(17)2/h12-13,15H,7-11H2,1-6H3. The first kappa shape index (κ1) is 14.9. The summed E-state index contributed by atoms with van der Waals surface area (Å²) in [6.45, 7) is 16.1. The summed E-state index contributed by atoms with van der Waals surface area (Å²) in [5, 5.41) is 3.65. The van der Waals surface area contributed by atoms with Crippen LogP contribution in [-0.2, 0) is 0 Å². The van der Waals surface area contributed by atoms with Crippen molar-refractivity contribution in [3.05, 3.63) is 0 Å². The predicted octanol–water partition coefficient (Wildman–Crippen LogP) is 1.79. The number of nitrogens with one attached hydrogen (secondary N) is 1. The lowest BCUT2D eigenvalue weighted by Crippen LogP contribution is -2.57. The monoisotopic (exact) mass is 241 g/mol. The molecule has 3 nitrogen and oxygen atoms in total. The van der Waals surface area contributed by atoms with Crippen molar-refractivity contribution < 1.29 is 0 Å². The molecule has 1 fully saturated rings. The van der Waals surface area contributed by atoms with Gasteiger partial charge in [0.2, 0.25) is 0 Å². The zero-order valence-corrected chi connectivity index (χ0v) is 12.6. The number of likely N-dealkylation sites (N-methyl/N-ethyl adjacent to an activating group) is 1. The molecule has 0 aromatic rings. The molecule has 0 saturated carbocycles. The molecule has 1 aliphatic heterocycles. The van der Waals surface area contributed by atoms with Crippen LogP contribution in [0.2, 0.25) is 0 Å². The Morgan fingerprint density at radius 1 is 1.29 bits per heavy atom. The van der Waals surface area contributed by atoms with Crippen LogP contribution < -0.4 is 5.32 Å². The van der Waals surface area contributed by atoms with Crippen LogP contribution in [0.15, 0.2) is 0 Å². The normalized spacial score (nSPS) is 26.1. The molecule has 102 valence electrons. The highest BCUT2D eigenvalue weighted by molar-refractivity contribution is 4.85. The van der Waals surface area contributed by atoms with Crippen molar-refractivity contribution in [1.29, 1.82) is 0 Å². The fraction of sp³-hybridized carbons (Fsp3) is 1.00. The molecule has 1 N–H and O–H groups in total. The zero-order chi connectivity index (χ0) is 13.1. The lowest BCUT2D eigenvalue weighted by atomic mass is 10.0. The molecule has 0 aliphatic carbocycles. The Balaban J connectivity index is 2.49. The number of hydrogen-bond donors (Lipinski definition) is 1. The molecule has 1 aliphatic rings. The summed E-state index contributed by atoms with van der Waals surface area (Å²) in [5.74, 6) is 0. The van der Waals surface area contributed by atoms with Crippen molar-refractivity contribution in [3.63, 3.8) is 0 Å². The Morgan fingerprint density at radius 3 is 2.41 bits per heavy atom. The topological polar surface area (TPSA) is 18.5 Å². The van der Waals surface area contributed by atoms with Gasteiger partial charge < -0.3 is 10.2 Å². The molecular formula is C14H31N3. The van der Waals surface area contributed by atoms with E-state index in [2.05, 4.69) is 56.8 Å². The van der Waals surface area contributed by atoms with Crippen LogP contribution in [0, 0.1) is 0 Å². The van der Waals surface area contributed by atoms with Crippen LogP contribution in [0.4, 0.5) is 0 Å². The minimum atomic E-state index is 0.225. The van der Waals surface area contributed by atoms with Crippen molar-refractivity contribution in [3.8, 4) is 0 Å². The van der Waals surface area contributed by atoms with Crippen molar-refractivity contribution in [1.82, 2.24) is 15.1 Å². The Morgan fingerprint density at radius 2 is 1.94 bits per heavy atom. The number of rotatable bonds is 4. The van der Waals surface area contributed by atoms with Crippen LogP contribution in [0.5, 0.6) is 0 Å². The highest BCUT2D eigenvalue weighted by Crippen LogP contribution is 2.14. The van der Waals surface area contributed by atoms with Gasteiger partial charge >= 0.3 is 0 Å². The summed E-state index contributed by atoms with van der Waals surface area (Å²) < 4.78 is 0. The van der Waals surface area contributed by atoms with Gasteiger partial charge in [-0.1, -0.05) is 6.92 Å². The van der Waals surface area contributed by atoms with Gasteiger partial charge in [-0.2, -0.15) is 0 Å². The predicted molar refractivity (Wildman–Crippen MR) is 75.5 cm³/mol. The molecule has 0 amide bonds. The van der Waals surface area contributed by atoms with Gasteiger partial charge in [0.25, 0.3) is 0 Å². The Bertz CT molecular complexity index is 222. The Labute approximate surface area is 108 Å². The lowest BCUT2D eigenvalue weighted by molar-refractivity contribution is 0.0566. The number of hydrogen-bond acceptors (Lipinski definition) is 3. The molecule has 1 rings (SSSR count). The molecule has 0 spiro atoms. The minimum absolute atomic E-state index is 0.225. The van der Waals surface area contributed by atoms with Crippen molar-refractivity contribution in [2.75, 3.05) is 33.2 Å². The molecule has 2 unspecified atom stereocenters. The second kappa shape index (κ2) is 6.17. The maximum absolute atomic E-state index is 3.65. The third-order valence-corrected chi connectivity index (χ3v) is 3.69. The maximum Gasteiger partial charge on any atom is 0.0222 e. The molecule has 0 radical (unpaired) electrons. The highest BCUT2D eigenvalue weighted by Gasteiger charge is 2.27. The molecular weight excluding hydrogens is 210 g/mol.